The van der Waals surface area contributed by atoms with Crippen molar-refractivity contribution in [3.63, 3.8) is 0 Å². The van der Waals surface area contributed by atoms with Gasteiger partial charge in [0, 0.05) is 42.9 Å². The zero-order valence-corrected chi connectivity index (χ0v) is 34.3. The first-order chi connectivity index (χ1) is 28.7. The summed E-state index contributed by atoms with van der Waals surface area (Å²) in [4.78, 5) is 33.1. The van der Waals surface area contributed by atoms with Crippen molar-refractivity contribution in [2.24, 2.45) is 17.8 Å². The van der Waals surface area contributed by atoms with Crippen LogP contribution in [-0.2, 0) is 32.0 Å². The van der Waals surface area contributed by atoms with Gasteiger partial charge in [0.25, 0.3) is 0 Å². The second-order valence-electron chi connectivity index (χ2n) is 15.0. The lowest BCUT2D eigenvalue weighted by Gasteiger charge is -2.52. The van der Waals surface area contributed by atoms with E-state index in [-0.39, 0.29) is 35.2 Å². The molecule has 5 aromatic rings. The molecule has 312 valence electrons. The van der Waals surface area contributed by atoms with E-state index in [0.29, 0.717) is 30.3 Å². The number of nitrogens with one attached hydrogen (secondary N) is 1. The fraction of sp³-hybridized carbons (Fsp3) is 0.391. The van der Waals surface area contributed by atoms with Crippen LogP contribution in [0.4, 0.5) is 0 Å². The standard InChI is InChI=1S/C33H40N2O9.C13H12O2/c1-38-19-7-8-20-21-9-10-35-16-18-13-27(44-32(36)17-11-25(39-2)30(41-4)26(12-17)40-3)31(42-5)28(33(37)43-6)22(18)15-24(35)29(21)34-23(20)14-19;14-12-6-8-13(9-7-12)15-10-11-4-2-1-3-5-11/h7-8,11-12,14,18,22,24,27-28,31,34H,9-10,13,15-16H2,1-6H3;1-9,14H,10H2/t18-,22+,24-,27-,28+,31+;/m1./s1. The van der Waals surface area contributed by atoms with Crippen molar-refractivity contribution in [1.29, 1.82) is 0 Å². The van der Waals surface area contributed by atoms with Gasteiger partial charge >= 0.3 is 11.9 Å². The molecule has 6 atom stereocenters. The smallest absolute Gasteiger partial charge is 0.338 e. The van der Waals surface area contributed by atoms with Crippen LogP contribution in [-0.4, -0.2) is 94.9 Å². The Labute approximate surface area is 344 Å². The number of esters is 2. The maximum Gasteiger partial charge on any atom is 0.338 e. The number of carbonyl (C=O) groups is 2. The maximum atomic E-state index is 13.5. The monoisotopic (exact) mass is 808 g/mol. The van der Waals surface area contributed by atoms with E-state index in [9.17, 15) is 9.59 Å². The largest absolute Gasteiger partial charge is 0.508 e. The summed E-state index contributed by atoms with van der Waals surface area (Å²) in [6.45, 7) is 2.23. The highest BCUT2D eigenvalue weighted by Gasteiger charge is 2.54. The zero-order chi connectivity index (χ0) is 41.6. The average Bonchev–Trinajstić information content (AvgIpc) is 3.65. The molecule has 3 heterocycles. The molecule has 0 radical (unpaired) electrons. The number of hydrogen-bond donors (Lipinski definition) is 2. The number of phenols is 1. The van der Waals surface area contributed by atoms with Crippen molar-refractivity contribution in [2.75, 3.05) is 55.7 Å². The van der Waals surface area contributed by atoms with Gasteiger partial charge in [0.15, 0.2) is 11.5 Å². The number of benzene rings is 4. The normalized spacial score (nSPS) is 22.0. The van der Waals surface area contributed by atoms with E-state index < -0.39 is 24.1 Å². The molecule has 13 heteroatoms. The number of ether oxygens (including phenoxy) is 8. The Bertz CT molecular complexity index is 2200. The summed E-state index contributed by atoms with van der Waals surface area (Å²) in [5.74, 6) is 1.45. The van der Waals surface area contributed by atoms with Crippen LogP contribution in [0, 0.1) is 17.8 Å². The Hall–Kier alpha value is -5.92. The molecule has 1 aromatic heterocycles. The Morgan fingerprint density at radius 2 is 1.53 bits per heavy atom. The number of hydrogen-bond acceptors (Lipinski definition) is 12. The summed E-state index contributed by atoms with van der Waals surface area (Å²) in [7, 11) is 9.10. The minimum absolute atomic E-state index is 0.0170. The van der Waals surface area contributed by atoms with Crippen molar-refractivity contribution in [2.45, 2.75) is 44.1 Å². The fourth-order valence-corrected chi connectivity index (χ4v) is 9.05. The van der Waals surface area contributed by atoms with Crippen LogP contribution in [0.15, 0.2) is 84.9 Å². The molecule has 0 unspecified atom stereocenters. The van der Waals surface area contributed by atoms with E-state index in [1.165, 1.54) is 45.1 Å². The molecule has 59 heavy (non-hydrogen) atoms. The van der Waals surface area contributed by atoms with E-state index in [4.69, 9.17) is 43.0 Å². The molecule has 3 aliphatic rings. The SMILES string of the molecule is COC(=O)[C@H]1[C@H]2C[C@@H]3c4[nH]c5cc(OC)ccc5c4CCN3C[C@H]2C[C@@H](OC(=O)c2cc(OC)c(OC)c(OC)c2)[C@@H]1OC.Oc1ccc(OCc2ccccc2)cc1. The summed E-state index contributed by atoms with van der Waals surface area (Å²) in [6, 6.07) is 26.1. The predicted octanol–water partition coefficient (Wildman–Crippen LogP) is 7.14. The molecular formula is C46H52N2O11. The molecular weight excluding hydrogens is 757 g/mol. The third-order valence-corrected chi connectivity index (χ3v) is 11.8. The van der Waals surface area contributed by atoms with Gasteiger partial charge in [-0.1, -0.05) is 30.3 Å². The van der Waals surface area contributed by atoms with E-state index in [1.807, 2.05) is 42.5 Å². The number of nitrogens with zero attached hydrogens (tertiary/aromatic N) is 1. The van der Waals surface area contributed by atoms with Crippen LogP contribution in [0.3, 0.4) is 0 Å². The first-order valence-electron chi connectivity index (χ1n) is 19.7. The van der Waals surface area contributed by atoms with Crippen molar-refractivity contribution in [1.82, 2.24) is 9.88 Å². The molecule has 2 fully saturated rings. The van der Waals surface area contributed by atoms with Gasteiger partial charge in [0.2, 0.25) is 5.75 Å². The number of piperidine rings is 1. The van der Waals surface area contributed by atoms with Crippen LogP contribution >= 0.6 is 0 Å². The van der Waals surface area contributed by atoms with Crippen molar-refractivity contribution >= 4 is 22.8 Å². The van der Waals surface area contributed by atoms with Gasteiger partial charge in [-0.05, 0) is 90.8 Å². The number of phenolic OH excluding ortho intramolecular Hbond substituents is 1. The highest BCUT2D eigenvalue weighted by molar-refractivity contribution is 5.91. The highest BCUT2D eigenvalue weighted by atomic mass is 16.6. The van der Waals surface area contributed by atoms with Crippen molar-refractivity contribution in [3.8, 4) is 34.5 Å². The van der Waals surface area contributed by atoms with E-state index in [2.05, 4.69) is 16.0 Å². The van der Waals surface area contributed by atoms with E-state index in [1.54, 1.807) is 50.6 Å². The summed E-state index contributed by atoms with van der Waals surface area (Å²) in [6.07, 6.45) is 0.920. The molecule has 13 nitrogen and oxygen atoms in total. The van der Waals surface area contributed by atoms with Gasteiger partial charge < -0.3 is 48.0 Å². The molecule has 1 saturated heterocycles. The lowest BCUT2D eigenvalue weighted by molar-refractivity contribution is -0.176. The van der Waals surface area contributed by atoms with Gasteiger partial charge in [0.1, 0.15) is 36.1 Å². The molecule has 4 aromatic carbocycles. The minimum Gasteiger partial charge on any atom is -0.508 e. The van der Waals surface area contributed by atoms with Crippen LogP contribution in [0.2, 0.25) is 0 Å². The average molecular weight is 809 g/mol. The predicted molar refractivity (Wildman–Crippen MR) is 220 cm³/mol. The first kappa shape index (κ1) is 41.2. The Morgan fingerprint density at radius 1 is 0.814 bits per heavy atom. The van der Waals surface area contributed by atoms with Gasteiger partial charge in [-0.3, -0.25) is 9.69 Å². The lowest BCUT2D eigenvalue weighted by atomic mass is 9.63. The summed E-state index contributed by atoms with van der Waals surface area (Å²) in [5, 5.41) is 10.3. The quantitative estimate of drug-likeness (QED) is 0.131. The topological polar surface area (TPSA) is 147 Å². The summed E-state index contributed by atoms with van der Waals surface area (Å²) < 4.78 is 44.6. The zero-order valence-electron chi connectivity index (χ0n) is 34.3. The number of aromatic nitrogens is 1. The van der Waals surface area contributed by atoms with Crippen molar-refractivity contribution in [3.05, 3.63) is 107 Å². The molecule has 8 rings (SSSR count). The fourth-order valence-electron chi connectivity index (χ4n) is 9.05. The second-order valence-corrected chi connectivity index (χ2v) is 15.0. The van der Waals surface area contributed by atoms with E-state index in [0.717, 1.165) is 48.5 Å². The molecule has 0 amide bonds. The van der Waals surface area contributed by atoms with Crippen LogP contribution < -0.4 is 23.7 Å². The summed E-state index contributed by atoms with van der Waals surface area (Å²) in [5.41, 5.74) is 4.96. The number of rotatable bonds is 11. The second kappa shape index (κ2) is 18.3. The minimum atomic E-state index is -0.670. The van der Waals surface area contributed by atoms with Gasteiger partial charge in [-0.15, -0.1) is 0 Å². The molecule has 1 aliphatic carbocycles. The number of aromatic amines is 1. The molecule has 0 bridgehead atoms. The van der Waals surface area contributed by atoms with Gasteiger partial charge in [-0.2, -0.15) is 0 Å². The van der Waals surface area contributed by atoms with Crippen molar-refractivity contribution < 1.29 is 52.6 Å². The Kier molecular flexibility index (Phi) is 12.8. The lowest BCUT2D eigenvalue weighted by Crippen LogP contribution is -2.58. The molecule has 2 N–H and O–H groups in total. The number of H-pyrrole nitrogens is 1. The number of fused-ring (bicyclic) bond motifs is 6. The number of aromatic hydroxyl groups is 1. The third kappa shape index (κ3) is 8.62. The molecule has 0 spiro atoms. The van der Waals surface area contributed by atoms with Crippen LogP contribution in [0.25, 0.3) is 10.9 Å². The maximum absolute atomic E-state index is 13.5. The molecule has 1 saturated carbocycles. The number of methoxy groups -OCH3 is 6. The first-order valence-corrected chi connectivity index (χ1v) is 19.7. The van der Waals surface area contributed by atoms with Gasteiger partial charge in [-0.25, -0.2) is 4.79 Å². The summed E-state index contributed by atoms with van der Waals surface area (Å²) >= 11 is 0. The number of carbonyl (C=O) groups excluding carboxylic acids is 2. The third-order valence-electron chi connectivity index (χ3n) is 11.8. The highest BCUT2D eigenvalue weighted by Crippen LogP contribution is 2.51. The Morgan fingerprint density at radius 3 is 2.17 bits per heavy atom. The van der Waals surface area contributed by atoms with E-state index >= 15 is 0 Å². The van der Waals surface area contributed by atoms with Crippen LogP contribution in [0.5, 0.6) is 34.5 Å². The Balaban J connectivity index is 0.000000295. The van der Waals surface area contributed by atoms with Gasteiger partial charge in [0.05, 0.1) is 53.1 Å². The van der Waals surface area contributed by atoms with Crippen LogP contribution in [0.1, 0.15) is 46.1 Å². The molecule has 2 aliphatic heterocycles.